The monoisotopic (exact) mass is 337 g/mol. The summed E-state index contributed by atoms with van der Waals surface area (Å²) < 4.78 is 13.2. The number of halogens is 1. The number of para-hydroxylation sites is 1. The normalized spacial score (nSPS) is 10.4. The zero-order chi connectivity index (χ0) is 16.8. The number of nitrogens with one attached hydrogen (secondary N) is 1. The lowest BCUT2D eigenvalue weighted by Crippen LogP contribution is -2.15. The number of anilines is 1. The third-order valence-corrected chi connectivity index (χ3v) is 4.47. The van der Waals surface area contributed by atoms with Crippen LogP contribution in [0.25, 0.3) is 0 Å². The first-order valence-electron chi connectivity index (χ1n) is 7.57. The van der Waals surface area contributed by atoms with Gasteiger partial charge in [-0.05, 0) is 42.0 Å². The number of carbonyl (C=O) groups excluding carboxylic acids is 1. The van der Waals surface area contributed by atoms with Crippen LogP contribution in [-0.4, -0.2) is 5.91 Å². The van der Waals surface area contributed by atoms with Crippen molar-refractivity contribution in [2.75, 3.05) is 5.32 Å². The highest BCUT2D eigenvalue weighted by Crippen LogP contribution is 2.33. The van der Waals surface area contributed by atoms with Crippen LogP contribution >= 0.6 is 11.8 Å². The van der Waals surface area contributed by atoms with Gasteiger partial charge in [0, 0.05) is 9.79 Å². The second-order valence-electron chi connectivity index (χ2n) is 5.27. The Balaban J connectivity index is 1.72. The molecule has 3 rings (SSSR count). The number of hydrogen-bond donors (Lipinski definition) is 1. The summed E-state index contributed by atoms with van der Waals surface area (Å²) in [4.78, 5) is 14.3. The van der Waals surface area contributed by atoms with Gasteiger partial charge in [0.05, 0.1) is 12.1 Å². The Morgan fingerprint density at radius 2 is 1.67 bits per heavy atom. The summed E-state index contributed by atoms with van der Waals surface area (Å²) in [6.45, 7) is 0. The number of benzene rings is 3. The lowest BCUT2D eigenvalue weighted by atomic mass is 10.1. The zero-order valence-corrected chi connectivity index (χ0v) is 13.7. The summed E-state index contributed by atoms with van der Waals surface area (Å²) in [5.41, 5.74) is 1.41. The van der Waals surface area contributed by atoms with Crippen molar-refractivity contribution in [3.8, 4) is 0 Å². The number of rotatable bonds is 5. The Bertz CT molecular complexity index is 836. The van der Waals surface area contributed by atoms with Gasteiger partial charge in [-0.2, -0.15) is 0 Å². The van der Waals surface area contributed by atoms with E-state index in [1.165, 1.54) is 12.1 Å². The minimum atomic E-state index is -0.333. The second kappa shape index (κ2) is 7.79. The highest BCUT2D eigenvalue weighted by molar-refractivity contribution is 7.99. The van der Waals surface area contributed by atoms with Gasteiger partial charge in [-0.1, -0.05) is 54.2 Å². The number of carbonyl (C=O) groups is 1. The van der Waals surface area contributed by atoms with Crippen molar-refractivity contribution in [2.45, 2.75) is 16.2 Å². The summed E-state index contributed by atoms with van der Waals surface area (Å²) in [5, 5.41) is 2.92. The Morgan fingerprint density at radius 3 is 2.46 bits per heavy atom. The van der Waals surface area contributed by atoms with Crippen molar-refractivity contribution in [2.24, 2.45) is 0 Å². The first-order chi connectivity index (χ1) is 11.7. The highest BCUT2D eigenvalue weighted by atomic mass is 32.2. The molecule has 1 N–H and O–H groups in total. The van der Waals surface area contributed by atoms with Crippen molar-refractivity contribution in [3.05, 3.63) is 90.2 Å². The molecular formula is C20H16FNOS. The van der Waals surface area contributed by atoms with Crippen molar-refractivity contribution in [1.29, 1.82) is 0 Å². The molecule has 0 radical (unpaired) electrons. The number of amides is 1. The zero-order valence-electron chi connectivity index (χ0n) is 12.9. The van der Waals surface area contributed by atoms with Crippen molar-refractivity contribution in [3.63, 3.8) is 0 Å². The third-order valence-electron chi connectivity index (χ3n) is 3.39. The summed E-state index contributed by atoms with van der Waals surface area (Å²) in [6.07, 6.45) is 0.141. The van der Waals surface area contributed by atoms with Gasteiger partial charge in [0.25, 0.3) is 0 Å². The largest absolute Gasteiger partial charge is 0.325 e. The van der Waals surface area contributed by atoms with E-state index in [0.29, 0.717) is 5.56 Å². The summed E-state index contributed by atoms with van der Waals surface area (Å²) >= 11 is 1.59. The van der Waals surface area contributed by atoms with Crippen LogP contribution in [0.2, 0.25) is 0 Å². The first kappa shape index (κ1) is 16.3. The fourth-order valence-electron chi connectivity index (χ4n) is 2.30. The molecule has 120 valence electrons. The van der Waals surface area contributed by atoms with Crippen LogP contribution in [0.15, 0.2) is 88.7 Å². The topological polar surface area (TPSA) is 29.1 Å². The highest BCUT2D eigenvalue weighted by Gasteiger charge is 2.09. The molecule has 2 nitrogen and oxygen atoms in total. The van der Waals surface area contributed by atoms with Crippen LogP contribution in [0, 0.1) is 5.82 Å². The molecule has 24 heavy (non-hydrogen) atoms. The van der Waals surface area contributed by atoms with E-state index in [9.17, 15) is 9.18 Å². The molecular weight excluding hydrogens is 321 g/mol. The average Bonchev–Trinajstić information content (AvgIpc) is 2.57. The van der Waals surface area contributed by atoms with Crippen LogP contribution in [0.5, 0.6) is 0 Å². The molecule has 0 aromatic heterocycles. The smallest absolute Gasteiger partial charge is 0.228 e. The summed E-state index contributed by atoms with van der Waals surface area (Å²) in [5.74, 6) is -0.498. The Morgan fingerprint density at radius 1 is 0.917 bits per heavy atom. The van der Waals surface area contributed by atoms with E-state index in [4.69, 9.17) is 0 Å². The van der Waals surface area contributed by atoms with Crippen LogP contribution in [0.1, 0.15) is 5.56 Å². The standard InChI is InChI=1S/C20H16FNOS/c21-16-8-6-7-15(13-16)14-20(23)22-18-11-4-5-12-19(18)24-17-9-2-1-3-10-17/h1-13H,14H2,(H,22,23). The molecule has 0 aliphatic heterocycles. The molecule has 0 aliphatic rings. The van der Waals surface area contributed by atoms with Gasteiger partial charge >= 0.3 is 0 Å². The molecule has 3 aromatic rings. The lowest BCUT2D eigenvalue weighted by Gasteiger charge is -2.11. The van der Waals surface area contributed by atoms with Crippen molar-refractivity contribution >= 4 is 23.4 Å². The maximum atomic E-state index is 13.2. The van der Waals surface area contributed by atoms with Gasteiger partial charge in [-0.25, -0.2) is 4.39 Å². The van der Waals surface area contributed by atoms with Gasteiger partial charge in [0.2, 0.25) is 5.91 Å². The Hall–Kier alpha value is -2.59. The van der Waals surface area contributed by atoms with E-state index in [-0.39, 0.29) is 18.1 Å². The van der Waals surface area contributed by atoms with Crippen molar-refractivity contribution in [1.82, 2.24) is 0 Å². The lowest BCUT2D eigenvalue weighted by molar-refractivity contribution is -0.115. The minimum Gasteiger partial charge on any atom is -0.325 e. The fraction of sp³-hybridized carbons (Fsp3) is 0.0500. The van der Waals surface area contributed by atoms with E-state index in [2.05, 4.69) is 5.32 Å². The second-order valence-corrected chi connectivity index (χ2v) is 6.38. The van der Waals surface area contributed by atoms with Crippen LogP contribution in [-0.2, 0) is 11.2 Å². The molecule has 4 heteroatoms. The average molecular weight is 337 g/mol. The van der Waals surface area contributed by atoms with E-state index < -0.39 is 0 Å². The fourth-order valence-corrected chi connectivity index (χ4v) is 3.22. The van der Waals surface area contributed by atoms with Gasteiger partial charge in [-0.15, -0.1) is 0 Å². The predicted octanol–water partition coefficient (Wildman–Crippen LogP) is 5.16. The van der Waals surface area contributed by atoms with Crippen LogP contribution in [0.3, 0.4) is 0 Å². The molecule has 0 unspecified atom stereocenters. The maximum absolute atomic E-state index is 13.2. The van der Waals surface area contributed by atoms with E-state index in [1.807, 2.05) is 54.6 Å². The third kappa shape index (κ3) is 4.46. The van der Waals surface area contributed by atoms with E-state index in [0.717, 1.165) is 15.5 Å². The minimum absolute atomic E-state index is 0.141. The molecule has 3 aromatic carbocycles. The maximum Gasteiger partial charge on any atom is 0.228 e. The molecule has 0 spiro atoms. The van der Waals surface area contributed by atoms with Gasteiger partial charge in [0.15, 0.2) is 0 Å². The molecule has 1 amide bonds. The van der Waals surface area contributed by atoms with Crippen molar-refractivity contribution < 1.29 is 9.18 Å². The van der Waals surface area contributed by atoms with Crippen LogP contribution in [0.4, 0.5) is 10.1 Å². The molecule has 0 atom stereocenters. The Labute approximate surface area is 144 Å². The quantitative estimate of drug-likeness (QED) is 0.697. The van der Waals surface area contributed by atoms with Gasteiger partial charge in [-0.3, -0.25) is 4.79 Å². The van der Waals surface area contributed by atoms with E-state index in [1.54, 1.807) is 23.9 Å². The molecule has 0 aliphatic carbocycles. The predicted molar refractivity (Wildman–Crippen MR) is 95.7 cm³/mol. The molecule has 0 bridgehead atoms. The van der Waals surface area contributed by atoms with E-state index >= 15 is 0 Å². The first-order valence-corrected chi connectivity index (χ1v) is 8.38. The molecule has 0 saturated heterocycles. The molecule has 0 saturated carbocycles. The van der Waals surface area contributed by atoms with Gasteiger partial charge < -0.3 is 5.32 Å². The molecule has 0 fully saturated rings. The number of hydrogen-bond acceptors (Lipinski definition) is 2. The summed E-state index contributed by atoms with van der Waals surface area (Å²) in [7, 11) is 0. The van der Waals surface area contributed by atoms with Gasteiger partial charge in [0.1, 0.15) is 5.82 Å². The Kier molecular flexibility index (Phi) is 5.29. The summed E-state index contributed by atoms with van der Waals surface area (Å²) in [6, 6.07) is 23.7. The molecule has 0 heterocycles. The van der Waals surface area contributed by atoms with Crippen LogP contribution < -0.4 is 5.32 Å². The SMILES string of the molecule is O=C(Cc1cccc(F)c1)Nc1ccccc1Sc1ccccc1.